The number of fused-ring (bicyclic) bond motifs is 9. The lowest BCUT2D eigenvalue weighted by Gasteiger charge is -2.34. The van der Waals surface area contributed by atoms with Crippen LogP contribution in [0.25, 0.3) is 77.2 Å². The number of phenolic OH excluding ortho intramolecular Hbond substituents is 1. The van der Waals surface area contributed by atoms with E-state index in [1.165, 1.54) is 27.6 Å². The molecule has 2 N–H and O–H groups in total. The van der Waals surface area contributed by atoms with Crippen molar-refractivity contribution >= 4 is 32.7 Å². The summed E-state index contributed by atoms with van der Waals surface area (Å²) in [5, 5.41) is 28.3. The summed E-state index contributed by atoms with van der Waals surface area (Å²) in [6.07, 6.45) is 12.6. The number of aliphatic hydroxyl groups is 1. The minimum absolute atomic E-state index is 0.159. The molecule has 3 aliphatic carbocycles. The predicted molar refractivity (Wildman–Crippen MR) is 242 cm³/mol. The maximum absolute atomic E-state index is 12.2. The third kappa shape index (κ3) is 5.56. The lowest BCUT2D eigenvalue weighted by molar-refractivity contribution is 0.436. The molecule has 0 saturated carbocycles. The molecule has 276 valence electrons. The third-order valence-corrected chi connectivity index (χ3v) is 12.5. The predicted octanol–water partition coefficient (Wildman–Crippen LogP) is 14.8. The second kappa shape index (κ2) is 13.8. The second-order valence-corrected chi connectivity index (χ2v) is 15.8. The van der Waals surface area contributed by atoms with Crippen molar-refractivity contribution in [1.82, 2.24) is 0 Å². The molecular formula is C56H40O2. The topological polar surface area (TPSA) is 40.5 Å². The number of aliphatic hydroxyl groups excluding tert-OH is 1. The van der Waals surface area contributed by atoms with Crippen LogP contribution in [0.1, 0.15) is 46.9 Å². The molecule has 2 unspecified atom stereocenters. The van der Waals surface area contributed by atoms with E-state index >= 15 is 0 Å². The largest absolute Gasteiger partial charge is 0.508 e. The molecule has 2 nitrogen and oxygen atoms in total. The monoisotopic (exact) mass is 744 g/mol. The van der Waals surface area contributed by atoms with Crippen LogP contribution in [0.3, 0.4) is 0 Å². The van der Waals surface area contributed by atoms with Crippen LogP contribution in [0.15, 0.2) is 200 Å². The summed E-state index contributed by atoms with van der Waals surface area (Å²) in [4.78, 5) is 0. The van der Waals surface area contributed by atoms with Crippen molar-refractivity contribution in [3.05, 3.63) is 222 Å². The number of benzene rings is 8. The van der Waals surface area contributed by atoms with Gasteiger partial charge in [0.1, 0.15) is 11.5 Å². The SMILES string of the molecule is OC1=C(c2cccc(-c3ccc4c(c3)-c3ccccc3C3C=CC=CC43)c2)CCC=C1c1cc(O)cc(-c2c(-c3ccccc3)c3ccccc3c3ccccc23)c1. The first-order chi connectivity index (χ1) is 28.6. The van der Waals surface area contributed by atoms with Gasteiger partial charge in [0.25, 0.3) is 0 Å². The van der Waals surface area contributed by atoms with Crippen LogP contribution >= 0.6 is 0 Å². The van der Waals surface area contributed by atoms with Gasteiger partial charge in [-0.05, 0) is 131 Å². The van der Waals surface area contributed by atoms with Gasteiger partial charge in [0.2, 0.25) is 0 Å². The Morgan fingerprint density at radius 2 is 0.983 bits per heavy atom. The van der Waals surface area contributed by atoms with Gasteiger partial charge in [-0.15, -0.1) is 0 Å². The molecule has 8 aromatic carbocycles. The molecule has 58 heavy (non-hydrogen) atoms. The molecule has 3 aliphatic rings. The van der Waals surface area contributed by atoms with Crippen LogP contribution in [0.4, 0.5) is 0 Å². The molecule has 11 rings (SSSR count). The van der Waals surface area contributed by atoms with Crippen LogP contribution in [-0.2, 0) is 0 Å². The van der Waals surface area contributed by atoms with Gasteiger partial charge in [-0.3, -0.25) is 0 Å². The first-order valence-corrected chi connectivity index (χ1v) is 20.3. The Balaban J connectivity index is 1.01. The van der Waals surface area contributed by atoms with Gasteiger partial charge in [0, 0.05) is 23.0 Å². The molecule has 0 heterocycles. The first kappa shape index (κ1) is 34.1. The summed E-state index contributed by atoms with van der Waals surface area (Å²) in [5.74, 6) is 1.10. The van der Waals surface area contributed by atoms with Crippen molar-refractivity contribution in [3.63, 3.8) is 0 Å². The minimum Gasteiger partial charge on any atom is -0.508 e. The van der Waals surface area contributed by atoms with E-state index in [-0.39, 0.29) is 11.5 Å². The zero-order chi connectivity index (χ0) is 38.7. The maximum Gasteiger partial charge on any atom is 0.126 e. The molecule has 0 aliphatic heterocycles. The molecule has 0 amide bonds. The standard InChI is InChI=1S/C56H40O2/c57-41-32-39(31-40(33-41)55-52-25-11-9-22-48(52)47-21-8-10-24-51(47)54(55)35-14-2-1-3-15-35)43-27-13-26-42(56(43)58)38-17-12-16-36(30-38)37-28-29-50-46-20-5-4-18-44(46)45-19-6-7-23-49(45)53(50)34-37/h1-12,14-25,27-34,44,46,57-58H,13,26H2. The summed E-state index contributed by atoms with van der Waals surface area (Å²) in [7, 11) is 0. The highest BCUT2D eigenvalue weighted by Gasteiger charge is 2.32. The minimum atomic E-state index is 0.159. The fourth-order valence-electron chi connectivity index (χ4n) is 9.91. The molecular weight excluding hydrogens is 705 g/mol. The van der Waals surface area contributed by atoms with E-state index in [0.29, 0.717) is 11.8 Å². The quantitative estimate of drug-likeness (QED) is 0.172. The Morgan fingerprint density at radius 1 is 0.414 bits per heavy atom. The average Bonchev–Trinajstić information content (AvgIpc) is 3.28. The maximum atomic E-state index is 12.2. The third-order valence-electron chi connectivity index (χ3n) is 12.5. The Bertz CT molecular complexity index is 3090. The van der Waals surface area contributed by atoms with Crippen LogP contribution < -0.4 is 0 Å². The van der Waals surface area contributed by atoms with Crippen molar-refractivity contribution in [2.24, 2.45) is 0 Å². The van der Waals surface area contributed by atoms with E-state index in [1.807, 2.05) is 12.1 Å². The van der Waals surface area contributed by atoms with Crippen molar-refractivity contribution in [1.29, 1.82) is 0 Å². The summed E-state index contributed by atoms with van der Waals surface area (Å²) in [5.41, 5.74) is 15.3. The Hall–Kier alpha value is -7.16. The molecule has 0 fully saturated rings. The molecule has 8 aromatic rings. The van der Waals surface area contributed by atoms with Crippen molar-refractivity contribution < 1.29 is 10.2 Å². The molecule has 0 radical (unpaired) electrons. The fourth-order valence-corrected chi connectivity index (χ4v) is 9.91. The lowest BCUT2D eigenvalue weighted by Crippen LogP contribution is -2.16. The number of hydrogen-bond donors (Lipinski definition) is 2. The fraction of sp³-hybridized carbons (Fsp3) is 0.0714. The normalized spacial score (nSPS) is 16.9. The van der Waals surface area contributed by atoms with Gasteiger partial charge in [-0.2, -0.15) is 0 Å². The Kier molecular flexibility index (Phi) is 8.11. The van der Waals surface area contributed by atoms with Crippen LogP contribution in [0.5, 0.6) is 5.75 Å². The first-order valence-electron chi connectivity index (χ1n) is 20.3. The Morgan fingerprint density at radius 3 is 1.74 bits per heavy atom. The molecule has 0 saturated heterocycles. The van der Waals surface area contributed by atoms with Gasteiger partial charge in [-0.25, -0.2) is 0 Å². The van der Waals surface area contributed by atoms with Gasteiger partial charge in [0.15, 0.2) is 0 Å². The number of allylic oxidation sites excluding steroid dienone is 7. The lowest BCUT2D eigenvalue weighted by atomic mass is 9.69. The molecule has 0 aromatic heterocycles. The van der Waals surface area contributed by atoms with Crippen LogP contribution in [0.2, 0.25) is 0 Å². The zero-order valence-electron chi connectivity index (χ0n) is 31.9. The average molecular weight is 745 g/mol. The van der Waals surface area contributed by atoms with Gasteiger partial charge in [0.05, 0.1) is 0 Å². The highest BCUT2D eigenvalue weighted by atomic mass is 16.3. The number of hydrogen-bond acceptors (Lipinski definition) is 2. The number of aromatic hydroxyl groups is 1. The van der Waals surface area contributed by atoms with Crippen molar-refractivity contribution in [3.8, 4) is 50.3 Å². The molecule has 2 atom stereocenters. The van der Waals surface area contributed by atoms with Crippen molar-refractivity contribution in [2.75, 3.05) is 0 Å². The van der Waals surface area contributed by atoms with E-state index in [4.69, 9.17) is 0 Å². The number of phenols is 1. The van der Waals surface area contributed by atoms with Gasteiger partial charge < -0.3 is 10.2 Å². The molecule has 0 bridgehead atoms. The summed E-state index contributed by atoms with van der Waals surface area (Å²) in [6.45, 7) is 0. The van der Waals surface area contributed by atoms with Gasteiger partial charge >= 0.3 is 0 Å². The summed E-state index contributed by atoms with van der Waals surface area (Å²) < 4.78 is 0. The van der Waals surface area contributed by atoms with Gasteiger partial charge in [-0.1, -0.05) is 164 Å². The van der Waals surface area contributed by atoms with Crippen molar-refractivity contribution in [2.45, 2.75) is 24.7 Å². The van der Waals surface area contributed by atoms with E-state index in [0.717, 1.165) is 84.7 Å². The Labute approximate surface area is 338 Å². The molecule has 0 spiro atoms. The highest BCUT2D eigenvalue weighted by molar-refractivity contribution is 6.21. The van der Waals surface area contributed by atoms with Crippen LogP contribution in [-0.4, -0.2) is 10.2 Å². The van der Waals surface area contributed by atoms with E-state index in [2.05, 4.69) is 176 Å². The van der Waals surface area contributed by atoms with E-state index in [9.17, 15) is 10.2 Å². The molecule has 2 heteroatoms. The van der Waals surface area contributed by atoms with E-state index < -0.39 is 0 Å². The highest BCUT2D eigenvalue weighted by Crippen LogP contribution is 2.51. The van der Waals surface area contributed by atoms with Crippen LogP contribution in [0, 0.1) is 0 Å². The smallest absolute Gasteiger partial charge is 0.126 e. The zero-order valence-corrected chi connectivity index (χ0v) is 31.9. The summed E-state index contributed by atoms with van der Waals surface area (Å²) in [6, 6.07) is 57.8. The summed E-state index contributed by atoms with van der Waals surface area (Å²) >= 11 is 0. The number of rotatable bonds is 5. The second-order valence-electron chi connectivity index (χ2n) is 15.8. The van der Waals surface area contributed by atoms with E-state index in [1.54, 1.807) is 6.07 Å².